The fourth-order valence-electron chi connectivity index (χ4n) is 2.81. The SMILES string of the molecule is Cc1ccc(C#N)cc1NC1CC(c2ccc(F)cc2)C1. The largest absolute Gasteiger partial charge is 0.382 e. The number of benzene rings is 2. The first-order chi connectivity index (χ1) is 10.2. The predicted molar refractivity (Wildman–Crippen MR) is 81.7 cm³/mol. The van der Waals surface area contributed by atoms with Crippen molar-refractivity contribution in [1.29, 1.82) is 5.26 Å². The first kappa shape index (κ1) is 13.6. The summed E-state index contributed by atoms with van der Waals surface area (Å²) >= 11 is 0. The highest BCUT2D eigenvalue weighted by Crippen LogP contribution is 2.38. The third-order valence-corrected chi connectivity index (χ3v) is 4.21. The molecule has 2 aromatic rings. The van der Waals surface area contributed by atoms with Crippen LogP contribution in [-0.2, 0) is 0 Å². The summed E-state index contributed by atoms with van der Waals surface area (Å²) in [6, 6.07) is 15.1. The third kappa shape index (κ3) is 2.90. The number of halogens is 1. The van der Waals surface area contributed by atoms with E-state index in [-0.39, 0.29) is 5.82 Å². The summed E-state index contributed by atoms with van der Waals surface area (Å²) in [5, 5.41) is 12.5. The van der Waals surface area contributed by atoms with Gasteiger partial charge in [-0.15, -0.1) is 0 Å². The first-order valence-corrected chi connectivity index (χ1v) is 7.18. The molecule has 1 aliphatic rings. The van der Waals surface area contributed by atoms with E-state index in [0.29, 0.717) is 17.5 Å². The number of nitrogens with zero attached hydrogens (tertiary/aromatic N) is 1. The summed E-state index contributed by atoms with van der Waals surface area (Å²) in [6.07, 6.45) is 2.09. The van der Waals surface area contributed by atoms with Crippen molar-refractivity contribution in [3.05, 3.63) is 65.0 Å². The van der Waals surface area contributed by atoms with Gasteiger partial charge in [-0.1, -0.05) is 18.2 Å². The molecule has 1 fully saturated rings. The molecule has 1 aliphatic carbocycles. The van der Waals surface area contributed by atoms with Crippen LogP contribution in [0.15, 0.2) is 42.5 Å². The lowest BCUT2D eigenvalue weighted by Gasteiger charge is -2.37. The molecular formula is C18H17FN2. The van der Waals surface area contributed by atoms with Gasteiger partial charge >= 0.3 is 0 Å². The highest BCUT2D eigenvalue weighted by atomic mass is 19.1. The van der Waals surface area contributed by atoms with Crippen LogP contribution in [0.5, 0.6) is 0 Å². The summed E-state index contributed by atoms with van der Waals surface area (Å²) in [5.41, 5.74) is 4.07. The Labute approximate surface area is 124 Å². The van der Waals surface area contributed by atoms with E-state index < -0.39 is 0 Å². The Morgan fingerprint density at radius 3 is 2.52 bits per heavy atom. The number of hydrogen-bond acceptors (Lipinski definition) is 2. The highest BCUT2D eigenvalue weighted by molar-refractivity contribution is 5.56. The van der Waals surface area contributed by atoms with E-state index >= 15 is 0 Å². The third-order valence-electron chi connectivity index (χ3n) is 4.21. The van der Waals surface area contributed by atoms with E-state index in [1.165, 1.54) is 17.7 Å². The zero-order valence-corrected chi connectivity index (χ0v) is 11.9. The molecule has 0 aromatic heterocycles. The highest BCUT2D eigenvalue weighted by Gasteiger charge is 2.30. The van der Waals surface area contributed by atoms with Crippen molar-refractivity contribution in [2.24, 2.45) is 0 Å². The molecule has 0 amide bonds. The summed E-state index contributed by atoms with van der Waals surface area (Å²) in [4.78, 5) is 0. The van der Waals surface area contributed by atoms with Gasteiger partial charge in [-0.3, -0.25) is 0 Å². The maximum Gasteiger partial charge on any atom is 0.123 e. The molecule has 0 bridgehead atoms. The van der Waals surface area contributed by atoms with Gasteiger partial charge in [-0.25, -0.2) is 4.39 Å². The van der Waals surface area contributed by atoms with E-state index in [1.54, 1.807) is 0 Å². The summed E-state index contributed by atoms with van der Waals surface area (Å²) in [6.45, 7) is 2.04. The van der Waals surface area contributed by atoms with Crippen LogP contribution in [0.1, 0.15) is 35.4 Å². The lowest BCUT2D eigenvalue weighted by atomic mass is 9.75. The average Bonchev–Trinajstić information content (AvgIpc) is 2.45. The van der Waals surface area contributed by atoms with E-state index in [9.17, 15) is 4.39 Å². The topological polar surface area (TPSA) is 35.8 Å². The normalized spacial score (nSPS) is 20.4. The molecule has 2 nitrogen and oxygen atoms in total. The van der Waals surface area contributed by atoms with Gasteiger partial charge in [0.25, 0.3) is 0 Å². The zero-order chi connectivity index (χ0) is 14.8. The van der Waals surface area contributed by atoms with Crippen molar-refractivity contribution >= 4 is 5.69 Å². The molecule has 0 spiro atoms. The van der Waals surface area contributed by atoms with Crippen molar-refractivity contribution in [3.8, 4) is 6.07 Å². The number of anilines is 1. The summed E-state index contributed by atoms with van der Waals surface area (Å²) < 4.78 is 12.9. The van der Waals surface area contributed by atoms with Gasteiger partial charge in [0.2, 0.25) is 0 Å². The molecule has 0 saturated heterocycles. The molecule has 0 unspecified atom stereocenters. The standard InChI is InChI=1S/C18H17FN2/c1-12-2-3-13(11-20)8-18(12)21-17-9-15(10-17)14-4-6-16(19)7-5-14/h2-8,15,17,21H,9-10H2,1H3. The summed E-state index contributed by atoms with van der Waals surface area (Å²) in [5.74, 6) is 0.319. The van der Waals surface area contributed by atoms with E-state index in [1.807, 2.05) is 37.3 Å². The number of aryl methyl sites for hydroxylation is 1. The maximum absolute atomic E-state index is 12.9. The van der Waals surface area contributed by atoms with Gasteiger partial charge in [0.1, 0.15) is 5.82 Å². The number of nitriles is 1. The van der Waals surface area contributed by atoms with Crippen LogP contribution in [0.25, 0.3) is 0 Å². The minimum absolute atomic E-state index is 0.184. The van der Waals surface area contributed by atoms with Crippen LogP contribution >= 0.6 is 0 Å². The second-order valence-corrected chi connectivity index (χ2v) is 5.70. The lowest BCUT2D eigenvalue weighted by molar-refractivity contribution is 0.373. The smallest absolute Gasteiger partial charge is 0.123 e. The zero-order valence-electron chi connectivity index (χ0n) is 11.9. The molecular weight excluding hydrogens is 263 g/mol. The van der Waals surface area contributed by atoms with Gasteiger partial charge in [-0.05, 0) is 61.1 Å². The number of nitrogens with one attached hydrogen (secondary N) is 1. The molecule has 0 atom stereocenters. The van der Waals surface area contributed by atoms with Crippen molar-refractivity contribution in [2.75, 3.05) is 5.32 Å². The Bertz CT molecular complexity index is 679. The molecule has 0 aliphatic heterocycles. The van der Waals surface area contributed by atoms with Crippen molar-refractivity contribution < 1.29 is 4.39 Å². The van der Waals surface area contributed by atoms with E-state index in [0.717, 1.165) is 24.1 Å². The number of hydrogen-bond donors (Lipinski definition) is 1. The molecule has 3 heteroatoms. The van der Waals surface area contributed by atoms with Gasteiger partial charge in [0.05, 0.1) is 11.6 Å². The minimum atomic E-state index is -0.184. The maximum atomic E-state index is 12.9. The molecule has 3 rings (SSSR count). The van der Waals surface area contributed by atoms with Crippen LogP contribution in [0.4, 0.5) is 10.1 Å². The molecule has 2 aromatic carbocycles. The second kappa shape index (κ2) is 5.57. The first-order valence-electron chi connectivity index (χ1n) is 7.18. The van der Waals surface area contributed by atoms with Crippen LogP contribution < -0.4 is 5.32 Å². The Morgan fingerprint density at radius 1 is 1.14 bits per heavy atom. The van der Waals surface area contributed by atoms with Gasteiger partial charge in [0.15, 0.2) is 0 Å². The Balaban J connectivity index is 1.62. The Kier molecular flexibility index (Phi) is 3.62. The van der Waals surface area contributed by atoms with Crippen molar-refractivity contribution in [3.63, 3.8) is 0 Å². The molecule has 0 heterocycles. The molecule has 0 radical (unpaired) electrons. The van der Waals surface area contributed by atoms with Crippen LogP contribution in [0, 0.1) is 24.1 Å². The average molecular weight is 280 g/mol. The molecule has 1 N–H and O–H groups in total. The number of rotatable bonds is 3. The van der Waals surface area contributed by atoms with Crippen LogP contribution in [0.3, 0.4) is 0 Å². The van der Waals surface area contributed by atoms with Crippen molar-refractivity contribution in [2.45, 2.75) is 31.7 Å². The lowest BCUT2D eigenvalue weighted by Crippen LogP contribution is -2.34. The quantitative estimate of drug-likeness (QED) is 0.906. The van der Waals surface area contributed by atoms with Crippen LogP contribution in [-0.4, -0.2) is 6.04 Å². The van der Waals surface area contributed by atoms with Crippen molar-refractivity contribution in [1.82, 2.24) is 0 Å². The molecule has 21 heavy (non-hydrogen) atoms. The Hall–Kier alpha value is -2.34. The van der Waals surface area contributed by atoms with Gasteiger partial charge in [0, 0.05) is 11.7 Å². The monoisotopic (exact) mass is 280 g/mol. The fourth-order valence-corrected chi connectivity index (χ4v) is 2.81. The van der Waals surface area contributed by atoms with E-state index in [2.05, 4.69) is 11.4 Å². The van der Waals surface area contributed by atoms with Crippen LogP contribution in [0.2, 0.25) is 0 Å². The molecule has 1 saturated carbocycles. The summed E-state index contributed by atoms with van der Waals surface area (Å²) in [7, 11) is 0. The van der Waals surface area contributed by atoms with Gasteiger partial charge in [-0.2, -0.15) is 5.26 Å². The predicted octanol–water partition coefficient (Wildman–Crippen LogP) is 4.36. The van der Waals surface area contributed by atoms with E-state index in [4.69, 9.17) is 5.26 Å². The minimum Gasteiger partial charge on any atom is -0.382 e. The Morgan fingerprint density at radius 2 is 1.86 bits per heavy atom. The second-order valence-electron chi connectivity index (χ2n) is 5.70. The van der Waals surface area contributed by atoms with Gasteiger partial charge < -0.3 is 5.32 Å². The fraction of sp³-hybridized carbons (Fsp3) is 0.278. The molecule has 106 valence electrons.